The predicted molar refractivity (Wildman–Crippen MR) is 115 cm³/mol. The van der Waals surface area contributed by atoms with E-state index in [-0.39, 0.29) is 12.0 Å². The number of carbonyl (C=O) groups is 1. The van der Waals surface area contributed by atoms with Gasteiger partial charge in [-0.05, 0) is 63.8 Å². The minimum atomic E-state index is -0.238. The van der Waals surface area contributed by atoms with Crippen molar-refractivity contribution < 1.29 is 14.1 Å². The number of aryl methyl sites for hydroxylation is 6. The van der Waals surface area contributed by atoms with Crippen LogP contribution in [0.1, 0.15) is 40.3 Å². The second kappa shape index (κ2) is 7.78. The lowest BCUT2D eigenvalue weighted by Crippen LogP contribution is -2.37. The first-order valence-corrected chi connectivity index (χ1v) is 9.86. The van der Waals surface area contributed by atoms with Gasteiger partial charge >= 0.3 is 5.97 Å². The van der Waals surface area contributed by atoms with E-state index in [1.165, 1.54) is 51.7 Å². The number of carbonyl (C=O) groups excluding carboxylic acids is 1. The van der Waals surface area contributed by atoms with Gasteiger partial charge in [-0.2, -0.15) is 0 Å². The third kappa shape index (κ3) is 3.96. The van der Waals surface area contributed by atoms with E-state index in [4.69, 9.17) is 4.74 Å². The third-order valence-electron chi connectivity index (χ3n) is 5.36. The Kier molecular flexibility index (Phi) is 5.59. The van der Waals surface area contributed by atoms with E-state index in [1.54, 1.807) is 0 Å². The van der Waals surface area contributed by atoms with Gasteiger partial charge < -0.3 is 4.74 Å². The van der Waals surface area contributed by atoms with Gasteiger partial charge in [0.15, 0.2) is 6.04 Å². The van der Waals surface area contributed by atoms with Gasteiger partial charge in [0.25, 0.3) is 0 Å². The van der Waals surface area contributed by atoms with Crippen molar-refractivity contribution in [2.45, 2.75) is 54.5 Å². The SMILES string of the molecule is CC(=O)OCC1C[N+](c2c(C)cc(C)cc2C)=CN1c1c(C)cc(C)cc1C. The molecule has 4 nitrogen and oxygen atoms in total. The number of hydrogen-bond acceptors (Lipinski definition) is 3. The van der Waals surface area contributed by atoms with E-state index in [0.717, 1.165) is 6.54 Å². The largest absolute Gasteiger partial charge is 0.461 e. The number of rotatable bonds is 4. The highest BCUT2D eigenvalue weighted by Gasteiger charge is 2.37. The van der Waals surface area contributed by atoms with Crippen LogP contribution in [-0.4, -0.2) is 36.1 Å². The van der Waals surface area contributed by atoms with Gasteiger partial charge in [-0.15, -0.1) is 0 Å². The fraction of sp³-hybridized carbons (Fsp3) is 0.417. The molecule has 0 fully saturated rings. The van der Waals surface area contributed by atoms with E-state index < -0.39 is 0 Å². The molecule has 0 aromatic heterocycles. The van der Waals surface area contributed by atoms with Crippen LogP contribution < -0.4 is 4.90 Å². The Hall–Kier alpha value is -2.62. The Bertz CT molecular complexity index is 913. The number of esters is 1. The smallest absolute Gasteiger partial charge is 0.302 e. The maximum atomic E-state index is 11.5. The van der Waals surface area contributed by atoms with Crippen molar-refractivity contribution in [3.63, 3.8) is 0 Å². The van der Waals surface area contributed by atoms with Crippen molar-refractivity contribution in [3.8, 4) is 0 Å². The van der Waals surface area contributed by atoms with Crippen LogP contribution in [0.25, 0.3) is 0 Å². The van der Waals surface area contributed by atoms with Crippen molar-refractivity contribution in [3.05, 3.63) is 57.6 Å². The zero-order valence-electron chi connectivity index (χ0n) is 18.1. The summed E-state index contributed by atoms with van der Waals surface area (Å²) in [6.07, 6.45) is 2.18. The zero-order valence-corrected chi connectivity index (χ0v) is 18.1. The fourth-order valence-corrected chi connectivity index (χ4v) is 4.55. The molecule has 1 atom stereocenters. The molecule has 0 amide bonds. The van der Waals surface area contributed by atoms with Crippen LogP contribution in [0.4, 0.5) is 11.4 Å². The summed E-state index contributed by atoms with van der Waals surface area (Å²) in [7, 11) is 0. The van der Waals surface area contributed by atoms with Crippen LogP contribution in [0.3, 0.4) is 0 Å². The van der Waals surface area contributed by atoms with Gasteiger partial charge in [0.1, 0.15) is 24.5 Å². The molecule has 2 aromatic carbocycles. The van der Waals surface area contributed by atoms with Crippen LogP contribution in [-0.2, 0) is 9.53 Å². The molecular formula is C24H31N2O2+. The van der Waals surface area contributed by atoms with Crippen LogP contribution in [0, 0.1) is 41.5 Å². The summed E-state index contributed by atoms with van der Waals surface area (Å²) in [5, 5.41) is 0. The molecule has 1 heterocycles. The number of ether oxygens (including phenoxy) is 1. The van der Waals surface area contributed by atoms with Gasteiger partial charge in [0, 0.05) is 6.92 Å². The molecule has 2 aromatic rings. The van der Waals surface area contributed by atoms with Crippen molar-refractivity contribution in [1.29, 1.82) is 0 Å². The van der Waals surface area contributed by atoms with Crippen LogP contribution in [0.2, 0.25) is 0 Å². The Morgan fingerprint density at radius 1 is 0.964 bits per heavy atom. The Labute approximate surface area is 168 Å². The first-order valence-electron chi connectivity index (χ1n) is 9.86. The van der Waals surface area contributed by atoms with Gasteiger partial charge in [0.05, 0.1) is 0 Å². The summed E-state index contributed by atoms with van der Waals surface area (Å²) in [6.45, 7) is 15.5. The lowest BCUT2D eigenvalue weighted by atomic mass is 10.0. The molecule has 0 radical (unpaired) electrons. The second-order valence-electron chi connectivity index (χ2n) is 8.13. The Morgan fingerprint density at radius 3 is 1.96 bits per heavy atom. The average Bonchev–Trinajstić information content (AvgIpc) is 2.94. The Morgan fingerprint density at radius 2 is 1.46 bits per heavy atom. The van der Waals surface area contributed by atoms with Gasteiger partial charge in [-0.1, -0.05) is 35.4 Å². The first-order chi connectivity index (χ1) is 13.2. The highest BCUT2D eigenvalue weighted by atomic mass is 16.5. The molecule has 0 saturated carbocycles. The number of hydrogen-bond donors (Lipinski definition) is 0. The highest BCUT2D eigenvalue weighted by molar-refractivity contribution is 5.83. The summed E-state index contributed by atoms with van der Waals surface area (Å²) >= 11 is 0. The molecule has 0 N–H and O–H groups in total. The van der Waals surface area contributed by atoms with E-state index in [9.17, 15) is 4.79 Å². The summed E-state index contributed by atoms with van der Waals surface area (Å²) in [5.74, 6) is -0.238. The average molecular weight is 380 g/mol. The number of benzene rings is 2. The van der Waals surface area contributed by atoms with Crippen molar-refractivity contribution >= 4 is 23.7 Å². The molecule has 3 rings (SSSR count). The van der Waals surface area contributed by atoms with Crippen molar-refractivity contribution in [2.75, 3.05) is 18.1 Å². The van der Waals surface area contributed by atoms with E-state index in [1.807, 2.05) is 0 Å². The second-order valence-corrected chi connectivity index (χ2v) is 8.13. The van der Waals surface area contributed by atoms with Crippen LogP contribution in [0.15, 0.2) is 24.3 Å². The molecule has 1 unspecified atom stereocenters. The minimum Gasteiger partial charge on any atom is -0.461 e. The molecule has 4 heteroatoms. The summed E-state index contributed by atoms with van der Waals surface area (Å²) < 4.78 is 7.72. The molecule has 1 aliphatic rings. The lowest BCUT2D eigenvalue weighted by Gasteiger charge is -2.20. The normalized spacial score (nSPS) is 16.3. The van der Waals surface area contributed by atoms with E-state index in [2.05, 4.69) is 81.6 Å². The lowest BCUT2D eigenvalue weighted by molar-refractivity contribution is -0.430. The van der Waals surface area contributed by atoms with Gasteiger partial charge in [-0.3, -0.25) is 4.79 Å². The summed E-state index contributed by atoms with van der Waals surface area (Å²) in [4.78, 5) is 13.7. The summed E-state index contributed by atoms with van der Waals surface area (Å²) in [5.41, 5.74) is 9.98. The molecule has 28 heavy (non-hydrogen) atoms. The molecule has 1 aliphatic heterocycles. The molecule has 0 bridgehead atoms. The first kappa shape index (κ1) is 20.1. The van der Waals surface area contributed by atoms with E-state index in [0.29, 0.717) is 6.61 Å². The van der Waals surface area contributed by atoms with Crippen molar-refractivity contribution in [2.24, 2.45) is 0 Å². The minimum absolute atomic E-state index is 0.0732. The van der Waals surface area contributed by atoms with E-state index >= 15 is 0 Å². The van der Waals surface area contributed by atoms with Crippen molar-refractivity contribution in [1.82, 2.24) is 0 Å². The standard InChI is InChI=1S/C24H31N2O2/c1-15-8-17(3)23(18(4)9-15)25-12-22(13-28-21(7)27)26(14-25)24-19(5)10-16(2)11-20(24)6/h8-11,14,22H,12-13H2,1-7H3/q+1. The molecule has 0 spiro atoms. The fourth-order valence-electron chi connectivity index (χ4n) is 4.55. The molecule has 0 aliphatic carbocycles. The molecular weight excluding hydrogens is 348 g/mol. The monoisotopic (exact) mass is 379 g/mol. The molecule has 0 saturated heterocycles. The number of nitrogens with zero attached hydrogens (tertiary/aromatic N) is 2. The summed E-state index contributed by atoms with van der Waals surface area (Å²) in [6, 6.07) is 8.95. The third-order valence-corrected chi connectivity index (χ3v) is 5.36. The number of anilines is 1. The maximum absolute atomic E-state index is 11.5. The topological polar surface area (TPSA) is 32.6 Å². The van der Waals surface area contributed by atoms with Gasteiger partial charge in [0.2, 0.25) is 6.34 Å². The zero-order chi connectivity index (χ0) is 20.6. The van der Waals surface area contributed by atoms with Crippen LogP contribution in [0.5, 0.6) is 0 Å². The molecule has 148 valence electrons. The maximum Gasteiger partial charge on any atom is 0.302 e. The Balaban J connectivity index is 2.08. The highest BCUT2D eigenvalue weighted by Crippen LogP contribution is 2.32. The van der Waals surface area contributed by atoms with Crippen LogP contribution >= 0.6 is 0 Å². The van der Waals surface area contributed by atoms with Gasteiger partial charge in [-0.25, -0.2) is 9.48 Å². The quantitative estimate of drug-likeness (QED) is 0.572. The predicted octanol–water partition coefficient (Wildman–Crippen LogP) is 4.66.